The molecule has 1 atom stereocenters. The fourth-order valence-corrected chi connectivity index (χ4v) is 1.36. The van der Waals surface area contributed by atoms with E-state index >= 15 is 0 Å². The molecule has 0 radical (unpaired) electrons. The van der Waals surface area contributed by atoms with Gasteiger partial charge in [0.15, 0.2) is 0 Å². The first-order valence-corrected chi connectivity index (χ1v) is 5.22. The maximum Gasteiger partial charge on any atom is 0.343 e. The van der Waals surface area contributed by atoms with Gasteiger partial charge in [-0.25, -0.2) is 4.79 Å². The zero-order valence-corrected chi connectivity index (χ0v) is 10.1. The van der Waals surface area contributed by atoms with Gasteiger partial charge in [-0.05, 0) is 20.8 Å². The number of aromatic nitrogens is 2. The normalized spacial score (nSPS) is 12.2. The second-order valence-electron chi connectivity index (χ2n) is 3.60. The summed E-state index contributed by atoms with van der Waals surface area (Å²) in [7, 11) is 0. The first-order valence-electron chi connectivity index (χ1n) is 5.22. The summed E-state index contributed by atoms with van der Waals surface area (Å²) in [4.78, 5) is 23.2. The number of nitrogens with two attached hydrogens (primary N) is 2. The number of ether oxygens (including phenoxy) is 1. The van der Waals surface area contributed by atoms with Crippen molar-refractivity contribution in [2.75, 3.05) is 12.3 Å². The summed E-state index contributed by atoms with van der Waals surface area (Å²) in [5, 5.41) is 3.90. The Kier molecular flexibility index (Phi) is 3.84. The number of hydrogen-bond acceptors (Lipinski definition) is 6. The van der Waals surface area contributed by atoms with Gasteiger partial charge in [0.1, 0.15) is 11.4 Å². The van der Waals surface area contributed by atoms with Gasteiger partial charge in [-0.3, -0.25) is 4.79 Å². The smallest absolute Gasteiger partial charge is 0.343 e. The molecular formula is C10H16N4O3. The summed E-state index contributed by atoms with van der Waals surface area (Å²) in [6, 6.07) is -0.744. The van der Waals surface area contributed by atoms with Gasteiger partial charge >= 0.3 is 5.97 Å². The van der Waals surface area contributed by atoms with E-state index in [1.54, 1.807) is 13.8 Å². The SMILES string of the molecule is CCOC(=O)c1c(C)nn(C(=O)C(C)N)c1N. The number of esters is 1. The van der Waals surface area contributed by atoms with Crippen molar-refractivity contribution in [2.45, 2.75) is 26.8 Å². The predicted molar refractivity (Wildman–Crippen MR) is 61.6 cm³/mol. The van der Waals surface area contributed by atoms with Crippen molar-refractivity contribution in [1.82, 2.24) is 9.78 Å². The average Bonchev–Trinajstić information content (AvgIpc) is 2.53. The van der Waals surface area contributed by atoms with E-state index in [0.717, 1.165) is 4.68 Å². The Morgan fingerprint density at radius 2 is 2.12 bits per heavy atom. The number of carbonyl (C=O) groups excluding carboxylic acids is 2. The lowest BCUT2D eigenvalue weighted by Gasteiger charge is -2.06. The summed E-state index contributed by atoms with van der Waals surface area (Å²) in [6.45, 7) is 5.00. The largest absolute Gasteiger partial charge is 0.462 e. The Morgan fingerprint density at radius 1 is 1.53 bits per heavy atom. The highest BCUT2D eigenvalue weighted by atomic mass is 16.5. The molecular weight excluding hydrogens is 224 g/mol. The topological polar surface area (TPSA) is 113 Å². The van der Waals surface area contributed by atoms with E-state index in [9.17, 15) is 9.59 Å². The van der Waals surface area contributed by atoms with Gasteiger partial charge in [0.25, 0.3) is 5.91 Å². The van der Waals surface area contributed by atoms with Crippen LogP contribution in [-0.4, -0.2) is 34.3 Å². The number of rotatable bonds is 3. The third-order valence-electron chi connectivity index (χ3n) is 2.17. The molecule has 0 amide bonds. The highest BCUT2D eigenvalue weighted by Gasteiger charge is 2.24. The fraction of sp³-hybridized carbons (Fsp3) is 0.500. The van der Waals surface area contributed by atoms with Crippen molar-refractivity contribution >= 4 is 17.7 Å². The Bertz CT molecular complexity index is 451. The summed E-state index contributed by atoms with van der Waals surface area (Å²) < 4.78 is 5.77. The second kappa shape index (κ2) is 4.96. The highest BCUT2D eigenvalue weighted by molar-refractivity contribution is 5.98. The molecule has 0 bridgehead atoms. The van der Waals surface area contributed by atoms with E-state index in [-0.39, 0.29) is 18.0 Å². The molecule has 0 saturated carbocycles. The summed E-state index contributed by atoms with van der Waals surface area (Å²) in [5.41, 5.74) is 11.6. The molecule has 0 spiro atoms. The maximum atomic E-state index is 11.7. The van der Waals surface area contributed by atoms with Gasteiger partial charge in [-0.15, -0.1) is 0 Å². The van der Waals surface area contributed by atoms with Crippen molar-refractivity contribution in [2.24, 2.45) is 5.73 Å². The lowest BCUT2D eigenvalue weighted by molar-refractivity contribution is 0.0527. The van der Waals surface area contributed by atoms with Crippen LogP contribution in [-0.2, 0) is 4.74 Å². The monoisotopic (exact) mass is 240 g/mol. The molecule has 4 N–H and O–H groups in total. The minimum absolute atomic E-state index is 0.0387. The van der Waals surface area contributed by atoms with Crippen LogP contribution in [0.3, 0.4) is 0 Å². The van der Waals surface area contributed by atoms with Gasteiger partial charge in [-0.1, -0.05) is 0 Å². The van der Waals surface area contributed by atoms with Crippen LogP contribution < -0.4 is 11.5 Å². The van der Waals surface area contributed by atoms with Crippen LogP contribution in [0.25, 0.3) is 0 Å². The van der Waals surface area contributed by atoms with Gasteiger partial charge < -0.3 is 16.2 Å². The van der Waals surface area contributed by atoms with E-state index in [1.807, 2.05) is 0 Å². The number of nitrogens with zero attached hydrogens (tertiary/aromatic N) is 2. The standard InChI is InChI=1S/C10H16N4O3/c1-4-17-10(16)7-6(3)13-14(8(7)12)9(15)5(2)11/h5H,4,11-12H2,1-3H3. The molecule has 0 aromatic carbocycles. The van der Waals surface area contributed by atoms with Gasteiger partial charge in [-0.2, -0.15) is 9.78 Å². The summed E-state index contributed by atoms with van der Waals surface area (Å²) in [6.07, 6.45) is 0. The van der Waals surface area contributed by atoms with Crippen LogP contribution in [0.2, 0.25) is 0 Å². The Hall–Kier alpha value is -1.89. The number of carbonyl (C=O) groups is 2. The lowest BCUT2D eigenvalue weighted by Crippen LogP contribution is -2.33. The van der Waals surface area contributed by atoms with E-state index < -0.39 is 17.9 Å². The molecule has 0 aliphatic carbocycles. The number of nitrogen functional groups attached to an aromatic ring is 1. The Balaban J connectivity index is 3.19. The number of hydrogen-bond donors (Lipinski definition) is 2. The van der Waals surface area contributed by atoms with Crippen molar-refractivity contribution in [3.8, 4) is 0 Å². The number of aryl methyl sites for hydroxylation is 1. The van der Waals surface area contributed by atoms with Crippen LogP contribution in [0.15, 0.2) is 0 Å². The molecule has 1 unspecified atom stereocenters. The van der Waals surface area contributed by atoms with Crippen molar-refractivity contribution in [3.05, 3.63) is 11.3 Å². The highest BCUT2D eigenvalue weighted by Crippen LogP contribution is 2.17. The predicted octanol–water partition coefficient (Wildman–Crippen LogP) is -0.0622. The van der Waals surface area contributed by atoms with E-state index in [1.165, 1.54) is 6.92 Å². The molecule has 0 aliphatic heterocycles. The van der Waals surface area contributed by atoms with Crippen LogP contribution >= 0.6 is 0 Å². The molecule has 0 fully saturated rings. The third-order valence-corrected chi connectivity index (χ3v) is 2.17. The Labute approximate surface area is 98.7 Å². The fourth-order valence-electron chi connectivity index (χ4n) is 1.36. The quantitative estimate of drug-likeness (QED) is 0.715. The van der Waals surface area contributed by atoms with E-state index in [0.29, 0.717) is 5.69 Å². The van der Waals surface area contributed by atoms with Gasteiger partial charge in [0, 0.05) is 0 Å². The minimum atomic E-state index is -0.744. The van der Waals surface area contributed by atoms with Crippen molar-refractivity contribution in [3.63, 3.8) is 0 Å². The minimum Gasteiger partial charge on any atom is -0.462 e. The van der Waals surface area contributed by atoms with Gasteiger partial charge in [0.05, 0.1) is 18.3 Å². The van der Waals surface area contributed by atoms with Crippen molar-refractivity contribution < 1.29 is 14.3 Å². The molecule has 0 aliphatic rings. The first-order chi connectivity index (χ1) is 7.90. The molecule has 7 heteroatoms. The van der Waals surface area contributed by atoms with Crippen LogP contribution in [0.1, 0.15) is 34.7 Å². The zero-order valence-electron chi connectivity index (χ0n) is 10.1. The zero-order chi connectivity index (χ0) is 13.2. The van der Waals surface area contributed by atoms with Crippen molar-refractivity contribution in [1.29, 1.82) is 0 Å². The van der Waals surface area contributed by atoms with Crippen LogP contribution in [0.5, 0.6) is 0 Å². The molecule has 0 saturated heterocycles. The number of anilines is 1. The molecule has 94 valence electrons. The second-order valence-corrected chi connectivity index (χ2v) is 3.60. The van der Waals surface area contributed by atoms with Crippen LogP contribution in [0, 0.1) is 6.92 Å². The summed E-state index contributed by atoms with van der Waals surface area (Å²) in [5.74, 6) is -1.10. The molecule has 1 aromatic heterocycles. The molecule has 1 aromatic rings. The molecule has 17 heavy (non-hydrogen) atoms. The Morgan fingerprint density at radius 3 is 2.59 bits per heavy atom. The molecule has 1 rings (SSSR count). The lowest BCUT2D eigenvalue weighted by atomic mass is 10.2. The van der Waals surface area contributed by atoms with E-state index in [4.69, 9.17) is 16.2 Å². The molecule has 7 nitrogen and oxygen atoms in total. The molecule has 1 heterocycles. The summed E-state index contributed by atoms with van der Waals surface area (Å²) >= 11 is 0. The first kappa shape index (κ1) is 13.2. The van der Waals surface area contributed by atoms with E-state index in [2.05, 4.69) is 5.10 Å². The average molecular weight is 240 g/mol. The van der Waals surface area contributed by atoms with Crippen LogP contribution in [0.4, 0.5) is 5.82 Å². The maximum absolute atomic E-state index is 11.7. The third kappa shape index (κ3) is 2.44. The van der Waals surface area contributed by atoms with Gasteiger partial charge in [0.2, 0.25) is 0 Å².